The lowest BCUT2D eigenvalue weighted by molar-refractivity contribution is 0.0875. The minimum Gasteiger partial charge on any atom is -0.378 e. The van der Waals surface area contributed by atoms with E-state index in [1.54, 1.807) is 0 Å². The fourth-order valence-electron chi connectivity index (χ4n) is 2.75. The Hall–Kier alpha value is -0.730. The van der Waals surface area contributed by atoms with Gasteiger partial charge in [-0.15, -0.1) is 0 Å². The van der Waals surface area contributed by atoms with E-state index in [9.17, 15) is 0 Å². The molecule has 0 radical (unpaired) electrons. The summed E-state index contributed by atoms with van der Waals surface area (Å²) in [7, 11) is 0. The number of hydrogen-bond acceptors (Lipinski definition) is 2. The van der Waals surface area contributed by atoms with E-state index in [1.807, 2.05) is 0 Å². The molecule has 17 heavy (non-hydrogen) atoms. The summed E-state index contributed by atoms with van der Waals surface area (Å²) in [5, 5.41) is 0.649. The number of thioether (sulfide) groups is 1. The van der Waals surface area contributed by atoms with Crippen LogP contribution >= 0.6 is 11.8 Å². The predicted molar refractivity (Wildman–Crippen MR) is 74.2 cm³/mol. The third-order valence-corrected chi connectivity index (χ3v) is 5.04. The molecule has 0 amide bonds. The van der Waals surface area contributed by atoms with Gasteiger partial charge in [0, 0.05) is 17.8 Å². The minimum absolute atomic E-state index is 0.529. The Balaban J connectivity index is 1.70. The molecule has 1 aromatic rings. The summed E-state index contributed by atoms with van der Waals surface area (Å²) in [6.45, 7) is 0.964. The highest BCUT2D eigenvalue weighted by molar-refractivity contribution is 8.00. The average Bonchev–Trinajstić information content (AvgIpc) is 2.86. The average molecular weight is 246 g/mol. The first-order valence-corrected chi connectivity index (χ1v) is 7.45. The van der Waals surface area contributed by atoms with Crippen LogP contribution in [0.5, 0.6) is 0 Å². The van der Waals surface area contributed by atoms with E-state index in [0.717, 1.165) is 12.5 Å². The molecule has 0 aromatic heterocycles. The van der Waals surface area contributed by atoms with Gasteiger partial charge in [0.15, 0.2) is 0 Å². The Morgan fingerprint density at radius 3 is 2.94 bits per heavy atom. The monoisotopic (exact) mass is 246 g/mol. The second-order valence-electron chi connectivity index (χ2n) is 4.76. The Bertz CT molecular complexity index is 387. The van der Waals surface area contributed by atoms with Crippen LogP contribution in [0, 0.1) is 5.92 Å². The molecule has 0 aliphatic carbocycles. The molecule has 0 bridgehead atoms. The van der Waals surface area contributed by atoms with E-state index < -0.39 is 0 Å². The second-order valence-corrected chi connectivity index (χ2v) is 6.04. The van der Waals surface area contributed by atoms with Gasteiger partial charge in [-0.25, -0.2) is 0 Å². The largest absolute Gasteiger partial charge is 0.378 e. The van der Waals surface area contributed by atoms with Crippen molar-refractivity contribution in [3.63, 3.8) is 0 Å². The van der Waals surface area contributed by atoms with E-state index in [1.165, 1.54) is 24.2 Å². The zero-order valence-corrected chi connectivity index (χ0v) is 10.7. The third-order valence-electron chi connectivity index (χ3n) is 3.67. The van der Waals surface area contributed by atoms with Crippen LogP contribution in [0.4, 0.5) is 0 Å². The number of rotatable bonds is 2. The topological polar surface area (TPSA) is 9.23 Å². The molecule has 2 aliphatic heterocycles. The van der Waals surface area contributed by atoms with Gasteiger partial charge in [0.1, 0.15) is 0 Å². The normalized spacial score (nSPS) is 32.8. The molecular weight excluding hydrogens is 228 g/mol. The molecule has 2 heterocycles. The van der Waals surface area contributed by atoms with E-state index in [-0.39, 0.29) is 0 Å². The van der Waals surface area contributed by atoms with E-state index in [0.29, 0.717) is 11.4 Å². The van der Waals surface area contributed by atoms with Crippen LogP contribution in [-0.4, -0.2) is 23.7 Å². The van der Waals surface area contributed by atoms with Gasteiger partial charge >= 0.3 is 0 Å². The van der Waals surface area contributed by atoms with Crippen molar-refractivity contribution >= 4 is 17.8 Å². The Morgan fingerprint density at radius 2 is 2.06 bits per heavy atom. The highest BCUT2D eigenvalue weighted by atomic mass is 32.2. The summed E-state index contributed by atoms with van der Waals surface area (Å²) in [6, 6.07) is 10.6. The minimum atomic E-state index is 0.529. The highest BCUT2D eigenvalue weighted by Crippen LogP contribution is 2.39. The van der Waals surface area contributed by atoms with Crippen molar-refractivity contribution in [3.8, 4) is 0 Å². The molecular formula is C15H18OS. The molecule has 1 nitrogen and oxygen atoms in total. The van der Waals surface area contributed by atoms with Gasteiger partial charge in [-0.2, -0.15) is 11.8 Å². The Labute approximate surface area is 107 Å². The maximum atomic E-state index is 5.79. The maximum absolute atomic E-state index is 5.79. The zero-order valence-electron chi connectivity index (χ0n) is 9.92. The molecule has 2 aliphatic rings. The van der Waals surface area contributed by atoms with Gasteiger partial charge in [0.2, 0.25) is 0 Å². The molecule has 2 fully saturated rings. The summed E-state index contributed by atoms with van der Waals surface area (Å²) >= 11 is 2.09. The van der Waals surface area contributed by atoms with Crippen molar-refractivity contribution in [2.45, 2.75) is 24.2 Å². The van der Waals surface area contributed by atoms with Crippen molar-refractivity contribution in [2.24, 2.45) is 5.92 Å². The summed E-state index contributed by atoms with van der Waals surface area (Å²) < 4.78 is 5.79. The van der Waals surface area contributed by atoms with Crippen LogP contribution in [0.2, 0.25) is 0 Å². The van der Waals surface area contributed by atoms with Crippen molar-refractivity contribution in [1.82, 2.24) is 0 Å². The molecule has 90 valence electrons. The molecule has 0 saturated carbocycles. The first-order chi connectivity index (χ1) is 8.43. The highest BCUT2D eigenvalue weighted by Gasteiger charge is 2.36. The smallest absolute Gasteiger partial charge is 0.0625 e. The molecule has 2 saturated heterocycles. The Kier molecular flexibility index (Phi) is 3.53. The van der Waals surface area contributed by atoms with Crippen molar-refractivity contribution in [2.75, 3.05) is 12.4 Å². The maximum Gasteiger partial charge on any atom is 0.0625 e. The van der Waals surface area contributed by atoms with Gasteiger partial charge in [-0.05, 0) is 24.2 Å². The summed E-state index contributed by atoms with van der Waals surface area (Å²) in [4.78, 5) is 0. The molecule has 0 N–H and O–H groups in total. The summed E-state index contributed by atoms with van der Waals surface area (Å²) in [5.41, 5.74) is 1.30. The van der Waals surface area contributed by atoms with Gasteiger partial charge in [-0.3, -0.25) is 0 Å². The van der Waals surface area contributed by atoms with Crippen LogP contribution in [0.25, 0.3) is 6.08 Å². The zero-order chi connectivity index (χ0) is 11.5. The number of hydrogen-bond donors (Lipinski definition) is 0. The SMILES string of the molecule is C(=C\C1SCC[C@H]2OCC[C@H]12)/c1ccccc1. The lowest BCUT2D eigenvalue weighted by atomic mass is 9.94. The van der Waals surface area contributed by atoms with Gasteiger partial charge in [0.05, 0.1) is 6.10 Å². The molecule has 3 atom stereocenters. The molecule has 3 rings (SSSR count). The van der Waals surface area contributed by atoms with E-state index in [4.69, 9.17) is 4.74 Å². The summed E-state index contributed by atoms with van der Waals surface area (Å²) in [5.74, 6) is 1.99. The van der Waals surface area contributed by atoms with Crippen molar-refractivity contribution in [1.29, 1.82) is 0 Å². The van der Waals surface area contributed by atoms with Crippen LogP contribution < -0.4 is 0 Å². The number of ether oxygens (including phenoxy) is 1. The third kappa shape index (κ3) is 2.58. The molecule has 1 unspecified atom stereocenters. The van der Waals surface area contributed by atoms with Crippen LogP contribution in [0.15, 0.2) is 36.4 Å². The molecule has 1 aromatic carbocycles. The van der Waals surface area contributed by atoms with Crippen molar-refractivity contribution < 1.29 is 4.74 Å². The standard InChI is InChI=1S/C15H18OS/c1-2-4-12(5-3-1)6-7-15-13-8-10-16-14(13)9-11-17-15/h1-7,13-15H,8-11H2/b7-6+/t13-,14+,15?/m0/s1. The van der Waals surface area contributed by atoms with E-state index in [2.05, 4.69) is 54.2 Å². The summed E-state index contributed by atoms with van der Waals surface area (Å²) in [6.07, 6.45) is 7.65. The predicted octanol–water partition coefficient (Wildman–Crippen LogP) is 3.61. The second kappa shape index (κ2) is 5.28. The first kappa shape index (κ1) is 11.4. The van der Waals surface area contributed by atoms with Gasteiger partial charge < -0.3 is 4.74 Å². The molecule has 2 heteroatoms. The lowest BCUT2D eigenvalue weighted by Crippen LogP contribution is -2.30. The van der Waals surface area contributed by atoms with Crippen LogP contribution in [-0.2, 0) is 4.74 Å². The fraction of sp³-hybridized carbons (Fsp3) is 0.467. The molecule has 0 spiro atoms. The number of benzene rings is 1. The lowest BCUT2D eigenvalue weighted by Gasteiger charge is -2.30. The Morgan fingerprint density at radius 1 is 1.18 bits per heavy atom. The van der Waals surface area contributed by atoms with Gasteiger partial charge in [-0.1, -0.05) is 42.5 Å². The number of fused-ring (bicyclic) bond motifs is 1. The van der Waals surface area contributed by atoms with Gasteiger partial charge in [0.25, 0.3) is 0 Å². The van der Waals surface area contributed by atoms with Crippen molar-refractivity contribution in [3.05, 3.63) is 42.0 Å². The van der Waals surface area contributed by atoms with Crippen LogP contribution in [0.1, 0.15) is 18.4 Å². The first-order valence-electron chi connectivity index (χ1n) is 6.40. The van der Waals surface area contributed by atoms with E-state index >= 15 is 0 Å². The quantitative estimate of drug-likeness (QED) is 0.788. The fourth-order valence-corrected chi connectivity index (χ4v) is 4.14. The van der Waals surface area contributed by atoms with Crippen LogP contribution in [0.3, 0.4) is 0 Å².